The molecule has 3 nitrogen and oxygen atoms in total. The molecule has 1 unspecified atom stereocenters. The minimum atomic E-state index is -0.582. The highest BCUT2D eigenvalue weighted by Crippen LogP contribution is 2.27. The van der Waals surface area contributed by atoms with E-state index in [0.29, 0.717) is 6.42 Å². The Morgan fingerprint density at radius 1 is 1.33 bits per heavy atom. The van der Waals surface area contributed by atoms with Gasteiger partial charge in [-0.1, -0.05) is 18.2 Å². The summed E-state index contributed by atoms with van der Waals surface area (Å²) in [6.07, 6.45) is 1.72. The second-order valence-electron chi connectivity index (χ2n) is 3.74. The molecule has 1 aromatic carbocycles. The van der Waals surface area contributed by atoms with Gasteiger partial charge < -0.3 is 14.8 Å². The van der Waals surface area contributed by atoms with Crippen molar-refractivity contribution in [1.29, 1.82) is 0 Å². The molecule has 0 radical (unpaired) electrons. The van der Waals surface area contributed by atoms with Crippen LogP contribution in [0.4, 0.5) is 0 Å². The van der Waals surface area contributed by atoms with E-state index in [2.05, 4.69) is 0 Å². The lowest BCUT2D eigenvalue weighted by atomic mass is 10.1. The van der Waals surface area contributed by atoms with Crippen molar-refractivity contribution in [2.24, 2.45) is 7.05 Å². The molecule has 0 aliphatic carbocycles. The molecule has 2 rings (SSSR count). The maximum absolute atomic E-state index is 9.86. The van der Waals surface area contributed by atoms with E-state index in [1.165, 1.54) is 0 Å². The fraction of sp³-hybridized carbons (Fsp3) is 0.333. The van der Waals surface area contributed by atoms with Crippen molar-refractivity contribution in [3.8, 4) is 0 Å². The zero-order valence-corrected chi connectivity index (χ0v) is 8.72. The van der Waals surface area contributed by atoms with Crippen LogP contribution in [0.25, 0.3) is 10.9 Å². The number of nitrogens with zero attached hydrogens (tertiary/aromatic N) is 1. The normalized spacial score (nSPS) is 13.3. The first-order valence-corrected chi connectivity index (χ1v) is 5.07. The predicted octanol–water partition coefficient (Wildman–Crippen LogP) is 1.59. The zero-order valence-electron chi connectivity index (χ0n) is 8.72. The summed E-state index contributed by atoms with van der Waals surface area (Å²) in [5.41, 5.74) is 1.99. The number of hydrogen-bond donors (Lipinski definition) is 2. The summed E-state index contributed by atoms with van der Waals surface area (Å²) in [6.45, 7) is 0.00435. The summed E-state index contributed by atoms with van der Waals surface area (Å²) < 4.78 is 1.99. The SMILES string of the molecule is Cn1cc(C(O)CCO)c2ccccc21. The van der Waals surface area contributed by atoms with Crippen LogP contribution in [0.3, 0.4) is 0 Å². The van der Waals surface area contributed by atoms with E-state index in [9.17, 15) is 5.11 Å². The summed E-state index contributed by atoms with van der Waals surface area (Å²) in [6, 6.07) is 7.94. The van der Waals surface area contributed by atoms with Gasteiger partial charge in [-0.15, -0.1) is 0 Å². The molecule has 2 N–H and O–H groups in total. The van der Waals surface area contributed by atoms with Crippen LogP contribution in [-0.2, 0) is 7.05 Å². The first-order chi connectivity index (χ1) is 7.24. The summed E-state index contributed by atoms with van der Waals surface area (Å²) in [4.78, 5) is 0. The molecule has 0 saturated carbocycles. The third-order valence-corrected chi connectivity index (χ3v) is 2.69. The quantitative estimate of drug-likeness (QED) is 0.799. The van der Waals surface area contributed by atoms with E-state index in [1.807, 2.05) is 42.1 Å². The van der Waals surface area contributed by atoms with Crippen molar-refractivity contribution in [1.82, 2.24) is 4.57 Å². The molecule has 1 atom stereocenters. The largest absolute Gasteiger partial charge is 0.396 e. The summed E-state index contributed by atoms with van der Waals surface area (Å²) in [7, 11) is 1.96. The Balaban J connectivity index is 2.52. The molecule has 80 valence electrons. The number of para-hydroxylation sites is 1. The number of fused-ring (bicyclic) bond motifs is 1. The van der Waals surface area contributed by atoms with Gasteiger partial charge in [0.05, 0.1) is 6.10 Å². The molecule has 1 heterocycles. The minimum Gasteiger partial charge on any atom is -0.396 e. The number of aryl methyl sites for hydroxylation is 1. The van der Waals surface area contributed by atoms with Gasteiger partial charge in [0.25, 0.3) is 0 Å². The number of hydrogen-bond acceptors (Lipinski definition) is 2. The van der Waals surface area contributed by atoms with Crippen molar-refractivity contribution in [3.63, 3.8) is 0 Å². The Morgan fingerprint density at radius 2 is 2.07 bits per heavy atom. The summed E-state index contributed by atoms with van der Waals surface area (Å²) in [5.74, 6) is 0. The van der Waals surface area contributed by atoms with E-state index in [1.54, 1.807) is 0 Å². The average molecular weight is 205 g/mol. The van der Waals surface area contributed by atoms with Crippen molar-refractivity contribution in [2.75, 3.05) is 6.61 Å². The number of aliphatic hydroxyl groups excluding tert-OH is 2. The van der Waals surface area contributed by atoms with Crippen molar-refractivity contribution < 1.29 is 10.2 Å². The highest BCUT2D eigenvalue weighted by atomic mass is 16.3. The van der Waals surface area contributed by atoms with Crippen LogP contribution in [0.5, 0.6) is 0 Å². The zero-order chi connectivity index (χ0) is 10.8. The highest BCUT2D eigenvalue weighted by molar-refractivity contribution is 5.84. The van der Waals surface area contributed by atoms with Crippen LogP contribution in [0.2, 0.25) is 0 Å². The lowest BCUT2D eigenvalue weighted by Crippen LogP contribution is -1.99. The van der Waals surface area contributed by atoms with Gasteiger partial charge >= 0.3 is 0 Å². The molecule has 0 spiro atoms. The average Bonchev–Trinajstić information content (AvgIpc) is 2.58. The number of aromatic nitrogens is 1. The summed E-state index contributed by atoms with van der Waals surface area (Å²) >= 11 is 0. The van der Waals surface area contributed by atoms with Crippen LogP contribution in [-0.4, -0.2) is 21.4 Å². The molecule has 0 aliphatic rings. The van der Waals surface area contributed by atoms with E-state index in [4.69, 9.17) is 5.11 Å². The Labute approximate surface area is 88.6 Å². The number of benzene rings is 1. The molecular formula is C12H15NO2. The molecule has 15 heavy (non-hydrogen) atoms. The second kappa shape index (κ2) is 4.04. The molecular weight excluding hydrogens is 190 g/mol. The molecule has 0 amide bonds. The van der Waals surface area contributed by atoms with E-state index < -0.39 is 6.10 Å². The molecule has 2 aromatic rings. The van der Waals surface area contributed by atoms with Crippen molar-refractivity contribution in [2.45, 2.75) is 12.5 Å². The van der Waals surface area contributed by atoms with Crippen LogP contribution >= 0.6 is 0 Å². The number of rotatable bonds is 3. The van der Waals surface area contributed by atoms with Crippen LogP contribution in [0, 0.1) is 0 Å². The Kier molecular flexibility index (Phi) is 2.75. The molecule has 0 aliphatic heterocycles. The standard InChI is InChI=1S/C12H15NO2/c1-13-8-10(12(15)6-7-14)9-4-2-3-5-11(9)13/h2-5,8,12,14-15H,6-7H2,1H3. The minimum absolute atomic E-state index is 0.00435. The van der Waals surface area contributed by atoms with Crippen molar-refractivity contribution >= 4 is 10.9 Å². The second-order valence-corrected chi connectivity index (χ2v) is 3.74. The molecule has 0 fully saturated rings. The third-order valence-electron chi connectivity index (χ3n) is 2.69. The van der Waals surface area contributed by atoms with Crippen LogP contribution < -0.4 is 0 Å². The van der Waals surface area contributed by atoms with E-state index in [0.717, 1.165) is 16.5 Å². The topological polar surface area (TPSA) is 45.4 Å². The van der Waals surface area contributed by atoms with Gasteiger partial charge in [0.1, 0.15) is 0 Å². The maximum Gasteiger partial charge on any atom is 0.0832 e. The highest BCUT2D eigenvalue weighted by Gasteiger charge is 2.13. The maximum atomic E-state index is 9.86. The fourth-order valence-electron chi connectivity index (χ4n) is 1.92. The van der Waals surface area contributed by atoms with Gasteiger partial charge in [0.15, 0.2) is 0 Å². The van der Waals surface area contributed by atoms with Gasteiger partial charge in [0, 0.05) is 42.7 Å². The molecule has 3 heteroatoms. The Hall–Kier alpha value is -1.32. The van der Waals surface area contributed by atoms with Gasteiger partial charge in [-0.05, 0) is 6.07 Å². The van der Waals surface area contributed by atoms with Crippen molar-refractivity contribution in [3.05, 3.63) is 36.0 Å². The van der Waals surface area contributed by atoms with Crippen LogP contribution in [0.15, 0.2) is 30.5 Å². The predicted molar refractivity (Wildman–Crippen MR) is 59.6 cm³/mol. The van der Waals surface area contributed by atoms with E-state index >= 15 is 0 Å². The third kappa shape index (κ3) is 1.76. The lowest BCUT2D eigenvalue weighted by molar-refractivity contribution is 0.135. The van der Waals surface area contributed by atoms with Crippen LogP contribution in [0.1, 0.15) is 18.1 Å². The Bertz CT molecular complexity index is 462. The molecule has 0 bridgehead atoms. The monoisotopic (exact) mass is 205 g/mol. The number of aliphatic hydroxyl groups is 2. The molecule has 0 saturated heterocycles. The summed E-state index contributed by atoms with van der Waals surface area (Å²) in [5, 5.41) is 19.7. The van der Waals surface area contributed by atoms with Gasteiger partial charge in [-0.3, -0.25) is 0 Å². The first-order valence-electron chi connectivity index (χ1n) is 5.07. The first kappa shape index (κ1) is 10.2. The Morgan fingerprint density at radius 3 is 2.80 bits per heavy atom. The van der Waals surface area contributed by atoms with Gasteiger partial charge in [-0.25, -0.2) is 0 Å². The lowest BCUT2D eigenvalue weighted by Gasteiger charge is -2.06. The molecule has 1 aromatic heterocycles. The fourth-order valence-corrected chi connectivity index (χ4v) is 1.92. The van der Waals surface area contributed by atoms with Gasteiger partial charge in [-0.2, -0.15) is 0 Å². The van der Waals surface area contributed by atoms with E-state index in [-0.39, 0.29) is 6.61 Å². The smallest absolute Gasteiger partial charge is 0.0832 e. The van der Waals surface area contributed by atoms with Gasteiger partial charge in [0.2, 0.25) is 0 Å².